The van der Waals surface area contributed by atoms with Crippen LogP contribution in [0.1, 0.15) is 30.1 Å². The van der Waals surface area contributed by atoms with E-state index >= 15 is 0 Å². The van der Waals surface area contributed by atoms with Crippen molar-refractivity contribution in [1.82, 2.24) is 5.32 Å². The number of hydrogen-bond acceptors (Lipinski definition) is 5. The van der Waals surface area contributed by atoms with Gasteiger partial charge in [-0.25, -0.2) is 0 Å². The second kappa shape index (κ2) is 5.46. The quantitative estimate of drug-likeness (QED) is 0.646. The molecule has 0 saturated carbocycles. The Morgan fingerprint density at radius 1 is 1.55 bits per heavy atom. The molecule has 7 heteroatoms. The lowest BCUT2D eigenvalue weighted by molar-refractivity contribution is -0.385. The van der Waals surface area contributed by atoms with Gasteiger partial charge in [-0.2, -0.15) is 0 Å². The van der Waals surface area contributed by atoms with E-state index in [2.05, 4.69) is 5.32 Å². The number of aromatic hydroxyl groups is 1. The van der Waals surface area contributed by atoms with Crippen LogP contribution in [0.2, 0.25) is 0 Å². The van der Waals surface area contributed by atoms with Crippen molar-refractivity contribution in [3.8, 4) is 5.75 Å². The van der Waals surface area contributed by atoms with E-state index in [1.54, 1.807) is 0 Å². The molecule has 0 aliphatic carbocycles. The Bertz CT molecular complexity index is 538. The van der Waals surface area contributed by atoms with Crippen molar-refractivity contribution >= 4 is 11.6 Å². The molecule has 2 rings (SSSR count). The van der Waals surface area contributed by atoms with Crippen molar-refractivity contribution in [2.75, 3.05) is 13.2 Å². The zero-order valence-corrected chi connectivity index (χ0v) is 11.1. The highest BCUT2D eigenvalue weighted by molar-refractivity contribution is 5.95. The fourth-order valence-corrected chi connectivity index (χ4v) is 2.20. The molecule has 0 bridgehead atoms. The molecule has 0 spiro atoms. The third-order valence-electron chi connectivity index (χ3n) is 3.29. The number of ether oxygens (including phenoxy) is 1. The largest absolute Gasteiger partial charge is 0.502 e. The first kappa shape index (κ1) is 14.3. The Morgan fingerprint density at radius 2 is 2.30 bits per heavy atom. The Labute approximate surface area is 115 Å². The molecule has 1 atom stereocenters. The van der Waals surface area contributed by atoms with E-state index in [1.807, 2.05) is 6.92 Å². The number of phenolic OH excluding ortho intramolecular Hbond substituents is 1. The van der Waals surface area contributed by atoms with Gasteiger partial charge in [0.1, 0.15) is 0 Å². The average Bonchev–Trinajstić information content (AvgIpc) is 2.38. The van der Waals surface area contributed by atoms with Gasteiger partial charge in [0.2, 0.25) is 0 Å². The first-order valence-electron chi connectivity index (χ1n) is 6.29. The summed E-state index contributed by atoms with van der Waals surface area (Å²) < 4.78 is 5.34. The van der Waals surface area contributed by atoms with Crippen LogP contribution in [0.25, 0.3) is 0 Å². The summed E-state index contributed by atoms with van der Waals surface area (Å²) in [6.07, 6.45) is 1.67. The van der Waals surface area contributed by atoms with E-state index in [0.29, 0.717) is 13.2 Å². The predicted molar refractivity (Wildman–Crippen MR) is 70.7 cm³/mol. The summed E-state index contributed by atoms with van der Waals surface area (Å²) in [6.45, 7) is 3.00. The number of nitro benzene ring substituents is 1. The maximum absolute atomic E-state index is 12.1. The van der Waals surface area contributed by atoms with Crippen LogP contribution in [0.4, 0.5) is 5.69 Å². The number of phenols is 1. The van der Waals surface area contributed by atoms with Gasteiger partial charge < -0.3 is 15.2 Å². The van der Waals surface area contributed by atoms with Crippen molar-refractivity contribution < 1.29 is 19.6 Å². The van der Waals surface area contributed by atoms with Crippen LogP contribution < -0.4 is 5.32 Å². The van der Waals surface area contributed by atoms with Crippen LogP contribution >= 0.6 is 0 Å². The first-order chi connectivity index (χ1) is 9.41. The van der Waals surface area contributed by atoms with Crippen molar-refractivity contribution in [3.63, 3.8) is 0 Å². The molecule has 1 aromatic rings. The lowest BCUT2D eigenvalue weighted by Gasteiger charge is -2.34. The number of carbonyl (C=O) groups excluding carboxylic acids is 1. The second-order valence-electron chi connectivity index (χ2n) is 5.13. The van der Waals surface area contributed by atoms with Crippen molar-refractivity contribution in [1.29, 1.82) is 0 Å². The van der Waals surface area contributed by atoms with Crippen molar-refractivity contribution in [2.24, 2.45) is 0 Å². The highest BCUT2D eigenvalue weighted by atomic mass is 16.6. The summed E-state index contributed by atoms with van der Waals surface area (Å²) >= 11 is 0. The summed E-state index contributed by atoms with van der Waals surface area (Å²) in [4.78, 5) is 22.0. The lowest BCUT2D eigenvalue weighted by Crippen LogP contribution is -2.51. The monoisotopic (exact) mass is 280 g/mol. The number of nitrogens with one attached hydrogen (secondary N) is 1. The Hall–Kier alpha value is -2.15. The van der Waals surface area contributed by atoms with Crippen LogP contribution in [-0.2, 0) is 4.74 Å². The molecule has 1 aliphatic heterocycles. The van der Waals surface area contributed by atoms with Gasteiger partial charge in [0.05, 0.1) is 17.1 Å². The topological polar surface area (TPSA) is 102 Å². The molecule has 1 fully saturated rings. The number of rotatable bonds is 3. The van der Waals surface area contributed by atoms with Crippen LogP contribution in [-0.4, -0.2) is 34.7 Å². The van der Waals surface area contributed by atoms with Gasteiger partial charge >= 0.3 is 5.69 Å². The smallest absolute Gasteiger partial charge is 0.310 e. The second-order valence-corrected chi connectivity index (χ2v) is 5.13. The van der Waals surface area contributed by atoms with Crippen molar-refractivity contribution in [3.05, 3.63) is 33.9 Å². The minimum Gasteiger partial charge on any atom is -0.502 e. The maximum atomic E-state index is 12.1. The van der Waals surface area contributed by atoms with E-state index < -0.39 is 21.9 Å². The van der Waals surface area contributed by atoms with Gasteiger partial charge in [0, 0.05) is 18.2 Å². The zero-order chi connectivity index (χ0) is 14.8. The molecule has 1 unspecified atom stereocenters. The molecule has 1 amide bonds. The minimum atomic E-state index is -0.701. The fourth-order valence-electron chi connectivity index (χ4n) is 2.20. The van der Waals surface area contributed by atoms with Crippen LogP contribution in [0.15, 0.2) is 18.2 Å². The third kappa shape index (κ3) is 3.05. The molecule has 108 valence electrons. The Kier molecular flexibility index (Phi) is 3.89. The van der Waals surface area contributed by atoms with E-state index in [4.69, 9.17) is 4.74 Å². The van der Waals surface area contributed by atoms with E-state index in [-0.39, 0.29) is 11.5 Å². The molecule has 7 nitrogen and oxygen atoms in total. The zero-order valence-electron chi connectivity index (χ0n) is 11.1. The normalized spacial score (nSPS) is 22.2. The Balaban J connectivity index is 2.13. The van der Waals surface area contributed by atoms with E-state index in [1.165, 1.54) is 6.07 Å². The fraction of sp³-hybridized carbons (Fsp3) is 0.462. The first-order valence-corrected chi connectivity index (χ1v) is 6.29. The molecule has 20 heavy (non-hydrogen) atoms. The van der Waals surface area contributed by atoms with Gasteiger partial charge in [-0.15, -0.1) is 0 Å². The van der Waals surface area contributed by atoms with Crippen LogP contribution in [0, 0.1) is 10.1 Å². The van der Waals surface area contributed by atoms with Crippen LogP contribution in [0.5, 0.6) is 5.75 Å². The molecule has 1 aliphatic rings. The maximum Gasteiger partial charge on any atom is 0.310 e. The summed E-state index contributed by atoms with van der Waals surface area (Å²) in [5, 5.41) is 23.0. The van der Waals surface area contributed by atoms with Gasteiger partial charge in [-0.3, -0.25) is 14.9 Å². The molecule has 1 heterocycles. The van der Waals surface area contributed by atoms with E-state index in [0.717, 1.165) is 25.0 Å². The highest BCUT2D eigenvalue weighted by Gasteiger charge is 2.30. The van der Waals surface area contributed by atoms with Gasteiger partial charge in [0.15, 0.2) is 5.75 Å². The van der Waals surface area contributed by atoms with Gasteiger partial charge in [-0.1, -0.05) is 0 Å². The molecule has 0 radical (unpaired) electrons. The predicted octanol–water partition coefficient (Wildman–Crippen LogP) is 1.60. The summed E-state index contributed by atoms with van der Waals surface area (Å²) in [5.41, 5.74) is -0.694. The Morgan fingerprint density at radius 3 is 2.85 bits per heavy atom. The molecule has 1 aromatic carbocycles. The standard InChI is InChI=1S/C13H16N2O5/c1-13(5-2-6-20-8-13)14-12(17)9-3-4-10(15(18)19)11(16)7-9/h3-4,7,16H,2,5-6,8H2,1H3,(H,14,17). The molecule has 2 N–H and O–H groups in total. The number of nitro groups is 1. The SMILES string of the molecule is CC1(NC(=O)c2ccc([N+](=O)[O-])c(O)c2)CCCOC1. The molecule has 0 aromatic heterocycles. The molecular formula is C13H16N2O5. The number of benzene rings is 1. The number of amides is 1. The van der Waals surface area contributed by atoms with Gasteiger partial charge in [0.25, 0.3) is 5.91 Å². The molecular weight excluding hydrogens is 264 g/mol. The lowest BCUT2D eigenvalue weighted by atomic mass is 9.94. The highest BCUT2D eigenvalue weighted by Crippen LogP contribution is 2.27. The van der Waals surface area contributed by atoms with Crippen molar-refractivity contribution in [2.45, 2.75) is 25.3 Å². The molecule has 1 saturated heterocycles. The number of hydrogen-bond donors (Lipinski definition) is 2. The summed E-state index contributed by atoms with van der Waals surface area (Å²) in [5.74, 6) is -0.907. The van der Waals surface area contributed by atoms with Gasteiger partial charge in [-0.05, 0) is 31.9 Å². The summed E-state index contributed by atoms with van der Waals surface area (Å²) in [6, 6.07) is 3.53. The van der Waals surface area contributed by atoms with E-state index in [9.17, 15) is 20.0 Å². The number of carbonyl (C=O) groups is 1. The minimum absolute atomic E-state index is 0.180. The van der Waals surface area contributed by atoms with Crippen LogP contribution in [0.3, 0.4) is 0 Å². The average molecular weight is 280 g/mol. The number of nitrogens with zero attached hydrogens (tertiary/aromatic N) is 1. The third-order valence-corrected chi connectivity index (χ3v) is 3.29. The summed E-state index contributed by atoms with van der Waals surface area (Å²) in [7, 11) is 0.